The van der Waals surface area contributed by atoms with E-state index < -0.39 is 5.97 Å². The average Bonchev–Trinajstić information content (AvgIpc) is 3.12. The minimum Gasteiger partial charge on any atom is -0.464 e. The zero-order chi connectivity index (χ0) is 16.6. The molecule has 0 spiro atoms. The molecular formula is C15H20N6O2. The van der Waals surface area contributed by atoms with Gasteiger partial charge in [0.25, 0.3) is 0 Å². The monoisotopic (exact) mass is 316 g/mol. The van der Waals surface area contributed by atoms with Crippen LogP contribution in [0.3, 0.4) is 0 Å². The van der Waals surface area contributed by atoms with Gasteiger partial charge in [-0.15, -0.1) is 0 Å². The molecule has 1 aliphatic heterocycles. The molecule has 0 aromatic carbocycles. The summed E-state index contributed by atoms with van der Waals surface area (Å²) in [7, 11) is 1.31. The predicted molar refractivity (Wildman–Crippen MR) is 85.4 cm³/mol. The van der Waals surface area contributed by atoms with Crippen molar-refractivity contribution >= 4 is 17.7 Å². The summed E-state index contributed by atoms with van der Waals surface area (Å²) in [6, 6.07) is 3.74. The molecule has 8 heteroatoms. The molecule has 2 N–H and O–H groups in total. The van der Waals surface area contributed by atoms with Gasteiger partial charge < -0.3 is 15.4 Å². The van der Waals surface area contributed by atoms with E-state index in [2.05, 4.69) is 28.1 Å². The van der Waals surface area contributed by atoms with Crippen molar-refractivity contribution in [2.24, 2.45) is 0 Å². The largest absolute Gasteiger partial charge is 0.464 e. The Labute approximate surface area is 134 Å². The molecule has 1 atom stereocenters. The third-order valence-electron chi connectivity index (χ3n) is 3.97. The molecule has 2 aromatic rings. The van der Waals surface area contributed by atoms with Crippen LogP contribution in [-0.4, -0.2) is 45.9 Å². The summed E-state index contributed by atoms with van der Waals surface area (Å²) < 4.78 is 6.74. The van der Waals surface area contributed by atoms with Crippen LogP contribution in [0.1, 0.15) is 34.3 Å². The molecule has 1 fully saturated rings. The molecule has 0 saturated carbocycles. The van der Waals surface area contributed by atoms with Gasteiger partial charge in [-0.2, -0.15) is 10.1 Å². The summed E-state index contributed by atoms with van der Waals surface area (Å²) in [5, 5.41) is 4.55. The third kappa shape index (κ3) is 2.96. The van der Waals surface area contributed by atoms with Crippen LogP contribution in [0.25, 0.3) is 0 Å². The van der Waals surface area contributed by atoms with E-state index in [0.717, 1.165) is 30.9 Å². The minimum atomic E-state index is -0.519. The summed E-state index contributed by atoms with van der Waals surface area (Å²) in [4.78, 5) is 22.2. The van der Waals surface area contributed by atoms with Crippen molar-refractivity contribution in [3.63, 3.8) is 0 Å². The molecule has 0 radical (unpaired) electrons. The van der Waals surface area contributed by atoms with Crippen LogP contribution in [-0.2, 0) is 4.74 Å². The van der Waals surface area contributed by atoms with Crippen LogP contribution in [0, 0.1) is 13.8 Å². The Morgan fingerprint density at radius 2 is 2.13 bits per heavy atom. The number of aromatic nitrogens is 4. The van der Waals surface area contributed by atoms with E-state index in [1.165, 1.54) is 13.2 Å². The number of hydrogen-bond donors (Lipinski definition) is 1. The molecule has 0 amide bonds. The van der Waals surface area contributed by atoms with Crippen molar-refractivity contribution in [1.82, 2.24) is 19.7 Å². The van der Waals surface area contributed by atoms with Crippen LogP contribution in [0.2, 0.25) is 0 Å². The third-order valence-corrected chi connectivity index (χ3v) is 3.97. The number of nitrogens with zero attached hydrogens (tertiary/aromatic N) is 5. The fourth-order valence-corrected chi connectivity index (χ4v) is 2.94. The van der Waals surface area contributed by atoms with Crippen molar-refractivity contribution in [3.8, 4) is 0 Å². The van der Waals surface area contributed by atoms with Gasteiger partial charge >= 0.3 is 5.97 Å². The molecule has 122 valence electrons. The number of anilines is 2. The van der Waals surface area contributed by atoms with Crippen LogP contribution in [0.5, 0.6) is 0 Å². The summed E-state index contributed by atoms with van der Waals surface area (Å²) in [6.45, 7) is 5.55. The maximum Gasteiger partial charge on any atom is 0.356 e. The maximum absolute atomic E-state index is 11.7. The second-order valence-corrected chi connectivity index (χ2v) is 5.73. The highest BCUT2D eigenvalue weighted by Gasteiger charge is 2.28. The van der Waals surface area contributed by atoms with E-state index in [0.29, 0.717) is 5.95 Å². The summed E-state index contributed by atoms with van der Waals surface area (Å²) in [6.07, 6.45) is 0.938. The van der Waals surface area contributed by atoms with E-state index in [9.17, 15) is 4.79 Å². The van der Waals surface area contributed by atoms with E-state index in [1.807, 2.05) is 16.5 Å². The first kappa shape index (κ1) is 15.3. The first-order chi connectivity index (χ1) is 11.0. The molecule has 1 aliphatic rings. The quantitative estimate of drug-likeness (QED) is 0.847. The van der Waals surface area contributed by atoms with Gasteiger partial charge in [0, 0.05) is 24.8 Å². The molecule has 1 unspecified atom stereocenters. The van der Waals surface area contributed by atoms with Gasteiger partial charge in [0.1, 0.15) is 5.82 Å². The molecule has 3 heterocycles. The molecule has 2 aromatic heterocycles. The van der Waals surface area contributed by atoms with Gasteiger partial charge in [0.2, 0.25) is 5.95 Å². The topological polar surface area (TPSA) is 99.2 Å². The summed E-state index contributed by atoms with van der Waals surface area (Å²) >= 11 is 0. The normalized spacial score (nSPS) is 17.5. The Morgan fingerprint density at radius 3 is 2.78 bits per heavy atom. The molecular weight excluding hydrogens is 296 g/mol. The van der Waals surface area contributed by atoms with Crippen LogP contribution >= 0.6 is 0 Å². The van der Waals surface area contributed by atoms with Crippen LogP contribution in [0.4, 0.5) is 11.8 Å². The number of ether oxygens (including phenoxy) is 1. The van der Waals surface area contributed by atoms with E-state index in [-0.39, 0.29) is 17.6 Å². The Morgan fingerprint density at radius 1 is 1.35 bits per heavy atom. The summed E-state index contributed by atoms with van der Waals surface area (Å²) in [5.41, 5.74) is 8.11. The molecule has 8 nitrogen and oxygen atoms in total. The highest BCUT2D eigenvalue weighted by Crippen LogP contribution is 2.26. The fraction of sp³-hybridized carbons (Fsp3) is 0.467. The van der Waals surface area contributed by atoms with Gasteiger partial charge in [0.15, 0.2) is 5.69 Å². The Balaban J connectivity index is 1.83. The lowest BCUT2D eigenvalue weighted by molar-refractivity contribution is 0.0594. The Kier molecular flexibility index (Phi) is 3.89. The van der Waals surface area contributed by atoms with Crippen molar-refractivity contribution in [1.29, 1.82) is 0 Å². The predicted octanol–water partition coefficient (Wildman–Crippen LogP) is 1.11. The van der Waals surface area contributed by atoms with Gasteiger partial charge in [-0.3, -0.25) is 4.68 Å². The van der Waals surface area contributed by atoms with Gasteiger partial charge in [-0.1, -0.05) is 0 Å². The lowest BCUT2D eigenvalue weighted by atomic mass is 10.2. The Bertz CT molecular complexity index is 742. The first-order valence-corrected chi connectivity index (χ1v) is 7.48. The zero-order valence-electron chi connectivity index (χ0n) is 13.5. The SMILES string of the molecule is COC(=O)c1cc(N)nc(N2CCC(n3nc(C)cc3C)C2)n1. The minimum absolute atomic E-state index is 0.171. The standard InChI is InChI=1S/C15H20N6O2/c1-9-6-10(2)21(19-9)11-4-5-20(8-11)15-17-12(14(22)23-3)7-13(16)18-15/h6-7,11H,4-5,8H2,1-3H3,(H2,16,17,18). The number of rotatable bonds is 3. The molecule has 23 heavy (non-hydrogen) atoms. The highest BCUT2D eigenvalue weighted by atomic mass is 16.5. The molecule has 3 rings (SSSR count). The highest BCUT2D eigenvalue weighted by molar-refractivity contribution is 5.88. The number of nitrogen functional groups attached to an aromatic ring is 1. The van der Waals surface area contributed by atoms with Gasteiger partial charge in [0.05, 0.1) is 18.8 Å². The lowest BCUT2D eigenvalue weighted by Crippen LogP contribution is -2.25. The molecule has 0 bridgehead atoms. The number of carbonyl (C=O) groups excluding carboxylic acids is 1. The Hall–Kier alpha value is -2.64. The average molecular weight is 316 g/mol. The zero-order valence-corrected chi connectivity index (χ0v) is 13.5. The van der Waals surface area contributed by atoms with Gasteiger partial charge in [-0.25, -0.2) is 9.78 Å². The second kappa shape index (κ2) is 5.86. The van der Waals surface area contributed by atoms with Crippen LogP contribution < -0.4 is 10.6 Å². The number of esters is 1. The van der Waals surface area contributed by atoms with E-state index in [4.69, 9.17) is 10.5 Å². The molecule has 1 saturated heterocycles. The number of methoxy groups -OCH3 is 1. The fourth-order valence-electron chi connectivity index (χ4n) is 2.94. The van der Waals surface area contributed by atoms with Crippen molar-refractivity contribution in [2.75, 3.05) is 30.8 Å². The lowest BCUT2D eigenvalue weighted by Gasteiger charge is -2.18. The first-order valence-electron chi connectivity index (χ1n) is 7.48. The number of aryl methyl sites for hydroxylation is 2. The van der Waals surface area contributed by atoms with Crippen molar-refractivity contribution < 1.29 is 9.53 Å². The number of hydrogen-bond acceptors (Lipinski definition) is 7. The second-order valence-electron chi connectivity index (χ2n) is 5.73. The van der Waals surface area contributed by atoms with Gasteiger partial charge in [-0.05, 0) is 26.3 Å². The number of carbonyl (C=O) groups is 1. The number of nitrogens with two attached hydrogens (primary N) is 1. The smallest absolute Gasteiger partial charge is 0.356 e. The van der Waals surface area contributed by atoms with E-state index in [1.54, 1.807) is 0 Å². The summed E-state index contributed by atoms with van der Waals surface area (Å²) in [5.74, 6) is 0.189. The maximum atomic E-state index is 11.7. The van der Waals surface area contributed by atoms with E-state index >= 15 is 0 Å². The van der Waals surface area contributed by atoms with Crippen molar-refractivity contribution in [2.45, 2.75) is 26.3 Å². The van der Waals surface area contributed by atoms with Crippen LogP contribution in [0.15, 0.2) is 12.1 Å². The molecule has 0 aliphatic carbocycles. The van der Waals surface area contributed by atoms with Crippen molar-refractivity contribution in [3.05, 3.63) is 29.2 Å².